The molecule has 8 nitrogen and oxygen atoms in total. The molecule has 4 rings (SSSR count). The van der Waals surface area contributed by atoms with Crippen LogP contribution in [0.15, 0.2) is 43.0 Å². The number of hydrogen-bond donors (Lipinski definition) is 2. The summed E-state index contributed by atoms with van der Waals surface area (Å²) in [6, 6.07) is 5.66. The van der Waals surface area contributed by atoms with E-state index in [0.717, 1.165) is 43.1 Å². The number of hydrogen-bond acceptors (Lipinski definition) is 8. The number of nitrogens with one attached hydrogen (secondary N) is 1. The van der Waals surface area contributed by atoms with Crippen molar-refractivity contribution in [2.75, 3.05) is 43.9 Å². The zero-order valence-electron chi connectivity index (χ0n) is 15.1. The highest BCUT2D eigenvalue weighted by Crippen LogP contribution is 2.38. The second-order valence-corrected chi connectivity index (χ2v) is 6.20. The van der Waals surface area contributed by atoms with Crippen molar-refractivity contribution in [1.29, 1.82) is 0 Å². The largest absolute Gasteiger partial charge is 0.496 e. The fourth-order valence-corrected chi connectivity index (χ4v) is 3.22. The minimum Gasteiger partial charge on any atom is -0.496 e. The van der Waals surface area contributed by atoms with Gasteiger partial charge in [-0.05, 0) is 12.1 Å². The Morgan fingerprint density at radius 3 is 2.70 bits per heavy atom. The average molecular weight is 363 g/mol. The first-order chi connectivity index (χ1) is 13.3. The van der Waals surface area contributed by atoms with Gasteiger partial charge in [-0.25, -0.2) is 9.97 Å². The van der Waals surface area contributed by atoms with Crippen molar-refractivity contribution in [2.45, 2.75) is 0 Å². The van der Waals surface area contributed by atoms with Crippen molar-refractivity contribution in [3.8, 4) is 28.3 Å². The molecule has 138 valence electrons. The molecule has 0 amide bonds. The number of methoxy groups -OCH3 is 1. The number of aromatic nitrogens is 4. The molecule has 8 heteroatoms. The van der Waals surface area contributed by atoms with Crippen molar-refractivity contribution < 1.29 is 4.74 Å². The van der Waals surface area contributed by atoms with Gasteiger partial charge < -0.3 is 20.7 Å². The fraction of sp³-hybridized carbons (Fsp3) is 0.263. The van der Waals surface area contributed by atoms with Gasteiger partial charge in [-0.1, -0.05) is 0 Å². The maximum Gasteiger partial charge on any atom is 0.134 e. The molecule has 0 aliphatic carbocycles. The first-order valence-electron chi connectivity index (χ1n) is 8.79. The van der Waals surface area contributed by atoms with E-state index in [9.17, 15) is 0 Å². The summed E-state index contributed by atoms with van der Waals surface area (Å²) in [6.45, 7) is 3.73. The molecule has 3 N–H and O–H groups in total. The number of anilines is 2. The molecule has 3 aromatic heterocycles. The van der Waals surface area contributed by atoms with Crippen LogP contribution in [0.2, 0.25) is 0 Å². The number of ether oxygens (including phenoxy) is 1. The Kier molecular flexibility index (Phi) is 4.80. The van der Waals surface area contributed by atoms with Crippen molar-refractivity contribution in [1.82, 2.24) is 25.3 Å². The van der Waals surface area contributed by atoms with Crippen molar-refractivity contribution in [3.05, 3.63) is 43.0 Å². The minimum absolute atomic E-state index is 0.384. The van der Waals surface area contributed by atoms with Gasteiger partial charge in [0, 0.05) is 56.4 Å². The van der Waals surface area contributed by atoms with E-state index in [2.05, 4.69) is 30.2 Å². The Labute approximate surface area is 157 Å². The Morgan fingerprint density at radius 1 is 1.11 bits per heavy atom. The molecule has 0 aromatic carbocycles. The smallest absolute Gasteiger partial charge is 0.134 e. The molecule has 1 aliphatic rings. The molecule has 0 unspecified atom stereocenters. The average Bonchev–Trinajstić information content (AvgIpc) is 2.74. The van der Waals surface area contributed by atoms with Crippen LogP contribution in [0, 0.1) is 0 Å². The van der Waals surface area contributed by atoms with Gasteiger partial charge in [0.25, 0.3) is 0 Å². The van der Waals surface area contributed by atoms with Crippen LogP contribution in [-0.4, -0.2) is 53.2 Å². The molecule has 0 saturated carbocycles. The molecule has 0 spiro atoms. The van der Waals surface area contributed by atoms with Gasteiger partial charge in [-0.2, -0.15) is 0 Å². The maximum atomic E-state index is 6.04. The Balaban J connectivity index is 1.85. The third-order valence-electron chi connectivity index (χ3n) is 4.50. The van der Waals surface area contributed by atoms with Crippen LogP contribution in [0.25, 0.3) is 22.5 Å². The molecule has 1 saturated heterocycles. The van der Waals surface area contributed by atoms with E-state index >= 15 is 0 Å². The van der Waals surface area contributed by atoms with Gasteiger partial charge >= 0.3 is 0 Å². The van der Waals surface area contributed by atoms with Gasteiger partial charge in [0.15, 0.2) is 0 Å². The van der Waals surface area contributed by atoms with E-state index in [1.165, 1.54) is 0 Å². The first kappa shape index (κ1) is 17.2. The van der Waals surface area contributed by atoms with Crippen LogP contribution in [0.5, 0.6) is 5.75 Å². The van der Waals surface area contributed by atoms with Crippen molar-refractivity contribution >= 4 is 11.6 Å². The summed E-state index contributed by atoms with van der Waals surface area (Å²) in [5.41, 5.74) is 9.09. The van der Waals surface area contributed by atoms with Gasteiger partial charge in [0.2, 0.25) is 0 Å². The van der Waals surface area contributed by atoms with E-state index in [0.29, 0.717) is 23.0 Å². The Hall–Kier alpha value is -3.26. The van der Waals surface area contributed by atoms with E-state index in [1.54, 1.807) is 38.0 Å². The maximum absolute atomic E-state index is 6.04. The number of pyridine rings is 2. The van der Waals surface area contributed by atoms with Crippen LogP contribution >= 0.6 is 0 Å². The topological polar surface area (TPSA) is 102 Å². The third kappa shape index (κ3) is 3.52. The Bertz CT molecular complexity index is 927. The third-order valence-corrected chi connectivity index (χ3v) is 4.50. The molecule has 27 heavy (non-hydrogen) atoms. The second kappa shape index (κ2) is 7.55. The predicted molar refractivity (Wildman–Crippen MR) is 105 cm³/mol. The molecule has 0 atom stereocenters. The lowest BCUT2D eigenvalue weighted by atomic mass is 10.0. The lowest BCUT2D eigenvalue weighted by Gasteiger charge is -2.28. The molecule has 1 aliphatic heterocycles. The summed E-state index contributed by atoms with van der Waals surface area (Å²) >= 11 is 0. The summed E-state index contributed by atoms with van der Waals surface area (Å²) in [6.07, 6.45) is 6.77. The second-order valence-electron chi connectivity index (χ2n) is 6.20. The van der Waals surface area contributed by atoms with Gasteiger partial charge in [-0.3, -0.25) is 9.97 Å². The summed E-state index contributed by atoms with van der Waals surface area (Å²) in [5, 5.41) is 3.35. The van der Waals surface area contributed by atoms with E-state index in [4.69, 9.17) is 10.5 Å². The lowest BCUT2D eigenvalue weighted by Crippen LogP contribution is -2.43. The summed E-state index contributed by atoms with van der Waals surface area (Å²) in [5.74, 6) is 1.91. The fourth-order valence-electron chi connectivity index (χ4n) is 3.22. The van der Waals surface area contributed by atoms with Gasteiger partial charge in [-0.15, -0.1) is 0 Å². The zero-order valence-corrected chi connectivity index (χ0v) is 15.1. The quantitative estimate of drug-likeness (QED) is 0.721. The molecule has 0 bridgehead atoms. The normalized spacial score (nSPS) is 14.2. The van der Waals surface area contributed by atoms with Crippen LogP contribution < -0.4 is 20.7 Å². The summed E-state index contributed by atoms with van der Waals surface area (Å²) in [7, 11) is 1.61. The molecular weight excluding hydrogens is 342 g/mol. The standard InChI is InChI=1S/C19H21N7O/c1-27-15-11-16(20)25-19(18(15)14-12-22-4-5-23-14)13-2-3-24-17(10-13)26-8-6-21-7-9-26/h2-5,10-12,21H,6-9H2,1H3,(H2,20,25). The number of nitrogens with two attached hydrogens (primary N) is 1. The molecule has 4 heterocycles. The predicted octanol–water partition coefficient (Wildman–Crippen LogP) is 1.60. The van der Waals surface area contributed by atoms with Gasteiger partial charge in [0.05, 0.1) is 30.3 Å². The zero-order chi connectivity index (χ0) is 18.6. The summed E-state index contributed by atoms with van der Waals surface area (Å²) < 4.78 is 5.57. The van der Waals surface area contributed by atoms with Crippen LogP contribution in [-0.2, 0) is 0 Å². The highest BCUT2D eigenvalue weighted by atomic mass is 16.5. The van der Waals surface area contributed by atoms with Crippen molar-refractivity contribution in [3.63, 3.8) is 0 Å². The van der Waals surface area contributed by atoms with Crippen molar-refractivity contribution in [2.24, 2.45) is 0 Å². The van der Waals surface area contributed by atoms with Crippen LogP contribution in [0.1, 0.15) is 0 Å². The number of rotatable bonds is 4. The Morgan fingerprint density at radius 2 is 1.96 bits per heavy atom. The molecular formula is C19H21N7O. The van der Waals surface area contributed by atoms with E-state index in [-0.39, 0.29) is 0 Å². The van der Waals surface area contributed by atoms with Gasteiger partial charge in [0.1, 0.15) is 17.4 Å². The SMILES string of the molecule is COc1cc(N)nc(-c2ccnc(N3CCNCC3)c2)c1-c1cnccn1. The monoisotopic (exact) mass is 363 g/mol. The molecule has 0 radical (unpaired) electrons. The minimum atomic E-state index is 0.384. The highest BCUT2D eigenvalue weighted by molar-refractivity contribution is 5.85. The lowest BCUT2D eigenvalue weighted by molar-refractivity contribution is 0.416. The number of piperazine rings is 1. The number of nitrogens with zero attached hydrogens (tertiary/aromatic N) is 5. The van der Waals surface area contributed by atoms with Crippen LogP contribution in [0.4, 0.5) is 11.6 Å². The summed E-state index contributed by atoms with van der Waals surface area (Å²) in [4.78, 5) is 20.0. The number of nitrogen functional groups attached to an aromatic ring is 1. The van der Waals surface area contributed by atoms with Crippen LogP contribution in [0.3, 0.4) is 0 Å². The first-order valence-corrected chi connectivity index (χ1v) is 8.79. The highest BCUT2D eigenvalue weighted by Gasteiger charge is 2.19. The van der Waals surface area contributed by atoms with E-state index in [1.807, 2.05) is 12.1 Å². The molecule has 3 aromatic rings. The molecule has 1 fully saturated rings. The van der Waals surface area contributed by atoms with E-state index < -0.39 is 0 Å².